The Hall–Kier alpha value is -1.59. The van der Waals surface area contributed by atoms with Gasteiger partial charge in [0, 0.05) is 18.5 Å². The standard InChI is InChI=1S/C15H21ClN2O3/c1-15(2,3)18(10-14(20)21)9-8-13(19)17-12-7-5-4-6-11(12)16/h4-7H,8-10H2,1-3H3,(H,17,19)(H,20,21). The van der Waals surface area contributed by atoms with Crippen LogP contribution in [-0.2, 0) is 9.59 Å². The summed E-state index contributed by atoms with van der Waals surface area (Å²) in [6.07, 6.45) is 0.204. The first-order valence-corrected chi connectivity index (χ1v) is 7.09. The summed E-state index contributed by atoms with van der Waals surface area (Å²) < 4.78 is 0. The fraction of sp³-hybridized carbons (Fsp3) is 0.467. The van der Waals surface area contributed by atoms with Crippen LogP contribution in [0.5, 0.6) is 0 Å². The van der Waals surface area contributed by atoms with Crippen LogP contribution < -0.4 is 5.32 Å². The molecule has 0 spiro atoms. The van der Waals surface area contributed by atoms with Crippen molar-refractivity contribution in [1.29, 1.82) is 0 Å². The molecule has 0 atom stereocenters. The highest BCUT2D eigenvalue weighted by atomic mass is 35.5. The van der Waals surface area contributed by atoms with E-state index in [9.17, 15) is 9.59 Å². The van der Waals surface area contributed by atoms with Gasteiger partial charge in [-0.2, -0.15) is 0 Å². The molecule has 1 aromatic rings. The number of nitrogens with zero attached hydrogens (tertiary/aromatic N) is 1. The normalized spacial score (nSPS) is 11.5. The molecule has 116 valence electrons. The number of hydrogen-bond acceptors (Lipinski definition) is 3. The third kappa shape index (κ3) is 6.14. The van der Waals surface area contributed by atoms with Crippen molar-refractivity contribution in [3.05, 3.63) is 29.3 Å². The third-order valence-corrected chi connectivity index (χ3v) is 3.36. The van der Waals surface area contributed by atoms with Gasteiger partial charge in [-0.15, -0.1) is 0 Å². The zero-order valence-electron chi connectivity index (χ0n) is 12.5. The highest BCUT2D eigenvalue weighted by Crippen LogP contribution is 2.20. The van der Waals surface area contributed by atoms with Crippen molar-refractivity contribution in [3.8, 4) is 0 Å². The molecule has 0 aliphatic heterocycles. The topological polar surface area (TPSA) is 69.6 Å². The van der Waals surface area contributed by atoms with Crippen molar-refractivity contribution in [2.24, 2.45) is 0 Å². The summed E-state index contributed by atoms with van der Waals surface area (Å²) in [5.74, 6) is -1.10. The Morgan fingerprint density at radius 2 is 1.90 bits per heavy atom. The van der Waals surface area contributed by atoms with E-state index in [1.165, 1.54) is 0 Å². The highest BCUT2D eigenvalue weighted by Gasteiger charge is 2.23. The second kappa shape index (κ2) is 7.43. The predicted octanol–water partition coefficient (Wildman–Crippen LogP) is 2.85. The average Bonchev–Trinajstić information content (AvgIpc) is 2.35. The quantitative estimate of drug-likeness (QED) is 0.847. The maximum atomic E-state index is 11.9. The van der Waals surface area contributed by atoms with Gasteiger partial charge in [-0.1, -0.05) is 23.7 Å². The van der Waals surface area contributed by atoms with E-state index < -0.39 is 5.97 Å². The number of amides is 1. The van der Waals surface area contributed by atoms with Crippen LogP contribution in [0.25, 0.3) is 0 Å². The number of carbonyl (C=O) groups is 2. The van der Waals surface area contributed by atoms with E-state index >= 15 is 0 Å². The predicted molar refractivity (Wildman–Crippen MR) is 83.7 cm³/mol. The van der Waals surface area contributed by atoms with Crippen LogP contribution in [0.3, 0.4) is 0 Å². The van der Waals surface area contributed by atoms with E-state index in [0.29, 0.717) is 17.3 Å². The van der Waals surface area contributed by atoms with E-state index in [-0.39, 0.29) is 24.4 Å². The summed E-state index contributed by atoms with van der Waals surface area (Å²) in [5.41, 5.74) is 0.244. The first-order valence-electron chi connectivity index (χ1n) is 6.71. The van der Waals surface area contributed by atoms with Gasteiger partial charge in [0.15, 0.2) is 0 Å². The van der Waals surface area contributed by atoms with Crippen LogP contribution in [0.4, 0.5) is 5.69 Å². The van der Waals surface area contributed by atoms with E-state index in [1.54, 1.807) is 29.2 Å². The molecule has 0 saturated heterocycles. The van der Waals surface area contributed by atoms with Gasteiger partial charge < -0.3 is 10.4 Å². The lowest BCUT2D eigenvalue weighted by atomic mass is 10.1. The SMILES string of the molecule is CC(C)(C)N(CCC(=O)Nc1ccccc1Cl)CC(=O)O. The Morgan fingerprint density at radius 1 is 1.29 bits per heavy atom. The zero-order valence-corrected chi connectivity index (χ0v) is 13.3. The van der Waals surface area contributed by atoms with Gasteiger partial charge in [0.05, 0.1) is 17.3 Å². The summed E-state index contributed by atoms with van der Waals surface area (Å²) in [5, 5.41) is 12.1. The van der Waals surface area contributed by atoms with Crippen molar-refractivity contribution in [2.75, 3.05) is 18.4 Å². The van der Waals surface area contributed by atoms with Crippen LogP contribution in [0.2, 0.25) is 5.02 Å². The van der Waals surface area contributed by atoms with Gasteiger partial charge in [0.2, 0.25) is 5.91 Å². The number of hydrogen-bond donors (Lipinski definition) is 2. The number of carboxylic acid groups (broad SMARTS) is 1. The Morgan fingerprint density at radius 3 is 2.43 bits per heavy atom. The molecule has 0 unspecified atom stereocenters. The van der Waals surface area contributed by atoms with Crippen molar-refractivity contribution in [1.82, 2.24) is 4.90 Å². The molecule has 1 rings (SSSR count). The fourth-order valence-corrected chi connectivity index (χ4v) is 2.01. The fourth-order valence-electron chi connectivity index (χ4n) is 1.83. The molecule has 0 fully saturated rings. The summed E-state index contributed by atoms with van der Waals surface area (Å²) in [4.78, 5) is 24.6. The lowest BCUT2D eigenvalue weighted by molar-refractivity contribution is -0.140. The number of halogens is 1. The van der Waals surface area contributed by atoms with Gasteiger partial charge in [0.25, 0.3) is 0 Å². The van der Waals surface area contributed by atoms with Crippen molar-refractivity contribution < 1.29 is 14.7 Å². The molecule has 1 amide bonds. The Balaban J connectivity index is 2.58. The minimum Gasteiger partial charge on any atom is -0.480 e. The third-order valence-electron chi connectivity index (χ3n) is 3.03. The molecule has 2 N–H and O–H groups in total. The van der Waals surface area contributed by atoms with Crippen LogP contribution >= 0.6 is 11.6 Å². The monoisotopic (exact) mass is 312 g/mol. The summed E-state index contributed by atoms with van der Waals surface area (Å²) in [6.45, 7) is 6.03. The molecule has 0 bridgehead atoms. The first kappa shape index (κ1) is 17.5. The molecule has 6 heteroatoms. The van der Waals surface area contributed by atoms with E-state index in [4.69, 9.17) is 16.7 Å². The molecule has 0 saturated carbocycles. The second-order valence-corrected chi connectivity index (χ2v) is 6.17. The van der Waals surface area contributed by atoms with Gasteiger partial charge in [-0.05, 0) is 32.9 Å². The van der Waals surface area contributed by atoms with Crippen molar-refractivity contribution >= 4 is 29.2 Å². The Kier molecular flexibility index (Phi) is 6.18. The largest absolute Gasteiger partial charge is 0.480 e. The summed E-state index contributed by atoms with van der Waals surface area (Å²) in [6, 6.07) is 6.99. The summed E-state index contributed by atoms with van der Waals surface area (Å²) >= 11 is 5.97. The molecule has 0 aromatic heterocycles. The van der Waals surface area contributed by atoms with Crippen LogP contribution in [0, 0.1) is 0 Å². The minimum absolute atomic E-state index is 0.0944. The second-order valence-electron chi connectivity index (χ2n) is 5.76. The van der Waals surface area contributed by atoms with Gasteiger partial charge in [-0.25, -0.2) is 0 Å². The Bertz CT molecular complexity index is 512. The molecule has 0 aliphatic rings. The number of nitrogens with one attached hydrogen (secondary N) is 1. The molecule has 0 radical (unpaired) electrons. The summed E-state index contributed by atoms with van der Waals surface area (Å²) in [7, 11) is 0. The highest BCUT2D eigenvalue weighted by molar-refractivity contribution is 6.33. The minimum atomic E-state index is -0.906. The molecule has 0 heterocycles. The number of para-hydroxylation sites is 1. The molecule has 21 heavy (non-hydrogen) atoms. The Labute approximate surface area is 129 Å². The number of anilines is 1. The number of rotatable bonds is 6. The maximum absolute atomic E-state index is 11.9. The number of carbonyl (C=O) groups excluding carboxylic acids is 1. The van der Waals surface area contributed by atoms with Crippen LogP contribution in [0.1, 0.15) is 27.2 Å². The maximum Gasteiger partial charge on any atom is 0.317 e. The van der Waals surface area contributed by atoms with Gasteiger partial charge >= 0.3 is 5.97 Å². The molecular formula is C15H21ClN2O3. The first-order chi connectivity index (χ1) is 9.70. The number of aliphatic carboxylic acids is 1. The van der Waals surface area contributed by atoms with Crippen molar-refractivity contribution in [3.63, 3.8) is 0 Å². The van der Waals surface area contributed by atoms with Crippen molar-refractivity contribution in [2.45, 2.75) is 32.7 Å². The van der Waals surface area contributed by atoms with Gasteiger partial charge in [-0.3, -0.25) is 14.5 Å². The molecule has 0 aliphatic carbocycles. The van der Waals surface area contributed by atoms with E-state index in [2.05, 4.69) is 5.32 Å². The number of benzene rings is 1. The van der Waals surface area contributed by atoms with Gasteiger partial charge in [0.1, 0.15) is 0 Å². The van der Waals surface area contributed by atoms with Crippen LogP contribution in [0.15, 0.2) is 24.3 Å². The smallest absolute Gasteiger partial charge is 0.317 e. The molecule has 5 nitrogen and oxygen atoms in total. The lowest BCUT2D eigenvalue weighted by Crippen LogP contribution is -2.45. The molecule has 1 aromatic carbocycles. The molecular weight excluding hydrogens is 292 g/mol. The average molecular weight is 313 g/mol. The van der Waals surface area contributed by atoms with Crippen LogP contribution in [-0.4, -0.2) is 40.5 Å². The lowest BCUT2D eigenvalue weighted by Gasteiger charge is -2.34. The van der Waals surface area contributed by atoms with E-state index in [1.807, 2.05) is 20.8 Å². The van der Waals surface area contributed by atoms with E-state index in [0.717, 1.165) is 0 Å². The zero-order chi connectivity index (χ0) is 16.0. The number of carboxylic acids is 1.